The maximum Gasteiger partial charge on any atom is 0.233 e. The van der Waals surface area contributed by atoms with Crippen LogP contribution >= 0.6 is 0 Å². The zero-order valence-corrected chi connectivity index (χ0v) is 9.84. The van der Waals surface area contributed by atoms with Gasteiger partial charge in [0.15, 0.2) is 0 Å². The van der Waals surface area contributed by atoms with Crippen LogP contribution in [-0.4, -0.2) is 38.0 Å². The number of rotatable bonds is 8. The van der Waals surface area contributed by atoms with Crippen molar-refractivity contribution in [2.45, 2.75) is 26.2 Å². The Kier molecular flexibility index (Phi) is 5.85. The number of hydrogen-bond acceptors (Lipinski definition) is 3. The smallest absolute Gasteiger partial charge is 0.233 e. The molecule has 1 aliphatic rings. The zero-order chi connectivity index (χ0) is 11.8. The van der Waals surface area contributed by atoms with Gasteiger partial charge in [0, 0.05) is 25.6 Å². The van der Waals surface area contributed by atoms with Gasteiger partial charge in [0.25, 0.3) is 0 Å². The molecule has 0 heterocycles. The Morgan fingerprint density at radius 1 is 1.12 bits per heavy atom. The van der Waals surface area contributed by atoms with Gasteiger partial charge in [-0.25, -0.2) is 0 Å². The van der Waals surface area contributed by atoms with E-state index in [0.717, 1.165) is 25.8 Å². The van der Waals surface area contributed by atoms with Gasteiger partial charge in [-0.1, -0.05) is 6.92 Å². The normalized spacial score (nSPS) is 14.6. The largest absolute Gasteiger partial charge is 0.355 e. The molecule has 3 N–H and O–H groups in total. The number of nitrogens with one attached hydrogen (secondary N) is 3. The first-order valence-electron chi connectivity index (χ1n) is 5.99. The molecule has 0 unspecified atom stereocenters. The molecule has 0 aromatic carbocycles. The Morgan fingerprint density at radius 2 is 1.88 bits per heavy atom. The van der Waals surface area contributed by atoms with Crippen LogP contribution in [0.4, 0.5) is 0 Å². The van der Waals surface area contributed by atoms with Crippen molar-refractivity contribution in [1.82, 2.24) is 16.0 Å². The van der Waals surface area contributed by atoms with Gasteiger partial charge in [0.2, 0.25) is 11.8 Å². The Bertz CT molecular complexity index is 239. The van der Waals surface area contributed by atoms with E-state index in [2.05, 4.69) is 16.0 Å². The monoisotopic (exact) mass is 227 g/mol. The van der Waals surface area contributed by atoms with E-state index in [4.69, 9.17) is 0 Å². The van der Waals surface area contributed by atoms with Crippen LogP contribution in [-0.2, 0) is 9.59 Å². The predicted octanol–water partition coefficient (Wildman–Crippen LogP) is -0.372. The summed E-state index contributed by atoms with van der Waals surface area (Å²) in [5.74, 6) is 0.417. The second-order valence-electron chi connectivity index (χ2n) is 4.09. The topological polar surface area (TPSA) is 70.2 Å². The fourth-order valence-corrected chi connectivity index (χ4v) is 1.29. The van der Waals surface area contributed by atoms with Crippen molar-refractivity contribution in [3.05, 3.63) is 0 Å². The lowest BCUT2D eigenvalue weighted by Gasteiger charge is -2.06. The molecule has 1 fully saturated rings. The lowest BCUT2D eigenvalue weighted by molar-refractivity contribution is -0.122. The van der Waals surface area contributed by atoms with E-state index < -0.39 is 0 Å². The van der Waals surface area contributed by atoms with E-state index >= 15 is 0 Å². The van der Waals surface area contributed by atoms with Crippen molar-refractivity contribution in [2.75, 3.05) is 26.2 Å². The molecule has 0 radical (unpaired) electrons. The summed E-state index contributed by atoms with van der Waals surface area (Å²) in [6, 6.07) is 0. The summed E-state index contributed by atoms with van der Waals surface area (Å²) in [5.41, 5.74) is 0. The van der Waals surface area contributed by atoms with E-state index in [1.807, 2.05) is 6.92 Å². The van der Waals surface area contributed by atoms with Gasteiger partial charge < -0.3 is 16.0 Å². The van der Waals surface area contributed by atoms with Gasteiger partial charge in [-0.05, 0) is 19.3 Å². The second-order valence-corrected chi connectivity index (χ2v) is 4.09. The van der Waals surface area contributed by atoms with Crippen LogP contribution in [0.25, 0.3) is 0 Å². The molecular weight excluding hydrogens is 206 g/mol. The highest BCUT2D eigenvalue weighted by Gasteiger charge is 2.28. The van der Waals surface area contributed by atoms with Crippen molar-refractivity contribution in [3.8, 4) is 0 Å². The molecule has 16 heavy (non-hydrogen) atoms. The van der Waals surface area contributed by atoms with Gasteiger partial charge in [-0.3, -0.25) is 9.59 Å². The molecule has 0 saturated heterocycles. The molecule has 92 valence electrons. The Balaban J connectivity index is 1.87. The van der Waals surface area contributed by atoms with Crippen LogP contribution in [0.5, 0.6) is 0 Å². The van der Waals surface area contributed by atoms with E-state index in [1.54, 1.807) is 0 Å². The Hall–Kier alpha value is -1.10. The number of carbonyl (C=O) groups is 2. The summed E-state index contributed by atoms with van der Waals surface area (Å²) < 4.78 is 0. The summed E-state index contributed by atoms with van der Waals surface area (Å²) in [7, 11) is 0. The predicted molar refractivity (Wildman–Crippen MR) is 61.9 cm³/mol. The molecule has 5 nitrogen and oxygen atoms in total. The molecule has 0 aliphatic heterocycles. The molecule has 1 rings (SSSR count). The standard InChI is InChI=1S/C11H21N3O2/c1-2-5-13-10(15)8-12-6-7-14-11(16)9-3-4-9/h9,12H,2-8H2,1H3,(H,13,15)(H,14,16). The van der Waals surface area contributed by atoms with Crippen LogP contribution < -0.4 is 16.0 Å². The van der Waals surface area contributed by atoms with Crippen LogP contribution in [0, 0.1) is 5.92 Å². The molecule has 0 aromatic heterocycles. The average Bonchev–Trinajstić information content (AvgIpc) is 3.09. The minimum atomic E-state index is 0.00960. The molecule has 2 amide bonds. The van der Waals surface area contributed by atoms with Gasteiger partial charge in [-0.2, -0.15) is 0 Å². The third-order valence-electron chi connectivity index (χ3n) is 2.41. The first-order chi connectivity index (χ1) is 7.74. The summed E-state index contributed by atoms with van der Waals surface area (Å²) in [5, 5.41) is 8.58. The fraction of sp³-hybridized carbons (Fsp3) is 0.818. The summed E-state index contributed by atoms with van der Waals surface area (Å²) >= 11 is 0. The minimum absolute atomic E-state index is 0.00960. The van der Waals surface area contributed by atoms with E-state index in [9.17, 15) is 9.59 Å². The third kappa shape index (κ3) is 5.70. The lowest BCUT2D eigenvalue weighted by Crippen LogP contribution is -2.38. The first-order valence-corrected chi connectivity index (χ1v) is 5.99. The summed E-state index contributed by atoms with van der Waals surface area (Å²) in [4.78, 5) is 22.4. The van der Waals surface area contributed by atoms with Crippen molar-refractivity contribution in [2.24, 2.45) is 5.92 Å². The van der Waals surface area contributed by atoms with E-state index in [1.165, 1.54) is 0 Å². The van der Waals surface area contributed by atoms with E-state index in [0.29, 0.717) is 19.6 Å². The lowest BCUT2D eigenvalue weighted by atomic mass is 10.4. The summed E-state index contributed by atoms with van der Waals surface area (Å²) in [6.07, 6.45) is 3.00. The maximum absolute atomic E-state index is 11.2. The fourth-order valence-electron chi connectivity index (χ4n) is 1.29. The first kappa shape index (κ1) is 13.0. The molecule has 0 bridgehead atoms. The van der Waals surface area contributed by atoms with Gasteiger partial charge in [0.05, 0.1) is 6.54 Å². The van der Waals surface area contributed by atoms with Crippen LogP contribution in [0.2, 0.25) is 0 Å². The van der Waals surface area contributed by atoms with Crippen molar-refractivity contribution < 1.29 is 9.59 Å². The molecule has 0 atom stereocenters. The van der Waals surface area contributed by atoms with Gasteiger partial charge in [-0.15, -0.1) is 0 Å². The number of carbonyl (C=O) groups excluding carboxylic acids is 2. The van der Waals surface area contributed by atoms with Crippen LogP contribution in [0.15, 0.2) is 0 Å². The van der Waals surface area contributed by atoms with Crippen molar-refractivity contribution in [3.63, 3.8) is 0 Å². The highest BCUT2D eigenvalue weighted by molar-refractivity contribution is 5.80. The van der Waals surface area contributed by atoms with E-state index in [-0.39, 0.29) is 17.7 Å². The number of hydrogen-bond donors (Lipinski definition) is 3. The second kappa shape index (κ2) is 7.22. The average molecular weight is 227 g/mol. The summed E-state index contributed by atoms with van der Waals surface area (Å²) in [6.45, 7) is 4.29. The zero-order valence-electron chi connectivity index (χ0n) is 9.84. The number of amides is 2. The Labute approximate surface area is 96.4 Å². The minimum Gasteiger partial charge on any atom is -0.355 e. The molecule has 1 saturated carbocycles. The van der Waals surface area contributed by atoms with Crippen LogP contribution in [0.1, 0.15) is 26.2 Å². The molecular formula is C11H21N3O2. The molecule has 5 heteroatoms. The highest BCUT2D eigenvalue weighted by Crippen LogP contribution is 2.28. The van der Waals surface area contributed by atoms with Crippen molar-refractivity contribution in [1.29, 1.82) is 0 Å². The van der Waals surface area contributed by atoms with Crippen molar-refractivity contribution >= 4 is 11.8 Å². The van der Waals surface area contributed by atoms with Gasteiger partial charge >= 0.3 is 0 Å². The SMILES string of the molecule is CCCNC(=O)CNCCNC(=O)C1CC1. The molecule has 1 aliphatic carbocycles. The molecule has 0 spiro atoms. The van der Waals surface area contributed by atoms with Gasteiger partial charge in [0.1, 0.15) is 0 Å². The third-order valence-corrected chi connectivity index (χ3v) is 2.41. The quantitative estimate of drug-likeness (QED) is 0.495. The molecule has 0 aromatic rings. The maximum atomic E-state index is 11.2. The highest BCUT2D eigenvalue weighted by atomic mass is 16.2. The van der Waals surface area contributed by atoms with Crippen LogP contribution in [0.3, 0.4) is 0 Å². The Morgan fingerprint density at radius 3 is 2.50 bits per heavy atom.